The molecule has 0 atom stereocenters. The lowest BCUT2D eigenvalue weighted by atomic mass is 10.1. The van der Waals surface area contributed by atoms with Crippen molar-refractivity contribution in [2.75, 3.05) is 26.2 Å². The lowest BCUT2D eigenvalue weighted by Crippen LogP contribution is -2.38. The van der Waals surface area contributed by atoms with Gasteiger partial charge in [0.15, 0.2) is 0 Å². The van der Waals surface area contributed by atoms with Crippen LogP contribution in [0, 0.1) is 6.92 Å². The summed E-state index contributed by atoms with van der Waals surface area (Å²) in [6.45, 7) is 3.72. The molecule has 0 spiro atoms. The Bertz CT molecular complexity index is 792. The minimum absolute atomic E-state index is 0.0230. The number of hydrogen-bond acceptors (Lipinski definition) is 4. The normalized spacial score (nSPS) is 14.7. The van der Waals surface area contributed by atoms with Crippen molar-refractivity contribution in [1.29, 1.82) is 0 Å². The van der Waals surface area contributed by atoms with E-state index in [1.165, 1.54) is 6.07 Å². The summed E-state index contributed by atoms with van der Waals surface area (Å²) in [5.41, 5.74) is 1.21. The molecule has 6 heteroatoms. The van der Waals surface area contributed by atoms with Gasteiger partial charge in [-0.25, -0.2) is 4.79 Å². The van der Waals surface area contributed by atoms with Gasteiger partial charge in [-0.3, -0.25) is 4.79 Å². The molecular formula is C20H22N2O4. The van der Waals surface area contributed by atoms with Crippen LogP contribution < -0.4 is 4.74 Å². The number of carbonyl (C=O) groups excluding carboxylic acids is 2. The van der Waals surface area contributed by atoms with Crippen LogP contribution >= 0.6 is 0 Å². The number of hydrogen-bond donors (Lipinski definition) is 1. The first-order valence-corrected chi connectivity index (χ1v) is 8.65. The van der Waals surface area contributed by atoms with Crippen LogP contribution in [0.25, 0.3) is 0 Å². The van der Waals surface area contributed by atoms with Gasteiger partial charge in [0.05, 0.1) is 5.56 Å². The molecule has 0 saturated carbocycles. The largest absolute Gasteiger partial charge is 0.507 e. The van der Waals surface area contributed by atoms with Crippen LogP contribution in [0.15, 0.2) is 48.5 Å². The van der Waals surface area contributed by atoms with E-state index in [0.717, 1.165) is 5.56 Å². The van der Waals surface area contributed by atoms with Crippen LogP contribution in [0.3, 0.4) is 0 Å². The molecule has 1 saturated heterocycles. The minimum Gasteiger partial charge on any atom is -0.507 e. The van der Waals surface area contributed by atoms with E-state index in [1.807, 2.05) is 13.0 Å². The number of carbonyl (C=O) groups is 2. The van der Waals surface area contributed by atoms with E-state index in [0.29, 0.717) is 43.9 Å². The summed E-state index contributed by atoms with van der Waals surface area (Å²) in [6.07, 6.45) is 0.242. The molecule has 1 heterocycles. The lowest BCUT2D eigenvalue weighted by Gasteiger charge is -2.22. The predicted molar refractivity (Wildman–Crippen MR) is 97.4 cm³/mol. The average Bonchev–Trinajstić information content (AvgIpc) is 2.90. The third-order valence-corrected chi connectivity index (χ3v) is 4.37. The number of para-hydroxylation sites is 1. The highest BCUT2D eigenvalue weighted by atomic mass is 16.6. The number of benzene rings is 2. The number of phenolic OH excluding ortho intramolecular Hbond substituents is 1. The van der Waals surface area contributed by atoms with Crippen LogP contribution in [0.1, 0.15) is 22.3 Å². The molecule has 1 fully saturated rings. The third kappa shape index (κ3) is 4.14. The van der Waals surface area contributed by atoms with Gasteiger partial charge in [-0.15, -0.1) is 0 Å². The Morgan fingerprint density at radius 3 is 2.42 bits per heavy atom. The fourth-order valence-electron chi connectivity index (χ4n) is 2.95. The van der Waals surface area contributed by atoms with Crippen LogP contribution in [0.4, 0.5) is 4.79 Å². The topological polar surface area (TPSA) is 70.1 Å². The Labute approximate surface area is 152 Å². The van der Waals surface area contributed by atoms with Gasteiger partial charge in [0.1, 0.15) is 11.5 Å². The highest BCUT2D eigenvalue weighted by molar-refractivity contribution is 5.97. The van der Waals surface area contributed by atoms with Crippen LogP contribution in [-0.4, -0.2) is 53.1 Å². The van der Waals surface area contributed by atoms with E-state index in [-0.39, 0.29) is 11.7 Å². The summed E-state index contributed by atoms with van der Waals surface area (Å²) in [5.74, 6) is 0.258. The molecule has 1 aliphatic rings. The first-order valence-electron chi connectivity index (χ1n) is 8.65. The molecule has 136 valence electrons. The first kappa shape index (κ1) is 17.8. The molecular weight excluding hydrogens is 332 g/mol. The van der Waals surface area contributed by atoms with Crippen molar-refractivity contribution in [2.45, 2.75) is 13.3 Å². The third-order valence-electron chi connectivity index (χ3n) is 4.37. The number of aryl methyl sites for hydroxylation is 1. The minimum atomic E-state index is -0.413. The number of amides is 2. The SMILES string of the molecule is Cc1ccc(O)c(C(=O)N2CCCN(C(=O)Oc3ccccc3)CC2)c1. The molecule has 0 bridgehead atoms. The van der Waals surface area contributed by atoms with Crippen LogP contribution in [-0.2, 0) is 0 Å². The van der Waals surface area contributed by atoms with E-state index >= 15 is 0 Å². The Morgan fingerprint density at radius 2 is 1.65 bits per heavy atom. The standard InChI is InChI=1S/C20H22N2O4/c1-15-8-9-18(23)17(14-15)19(24)21-10-5-11-22(13-12-21)20(25)26-16-6-3-2-4-7-16/h2-4,6-9,14,23H,5,10-13H2,1H3. The smallest absolute Gasteiger partial charge is 0.415 e. The molecule has 3 rings (SSSR count). The van der Waals surface area contributed by atoms with Crippen LogP contribution in [0.5, 0.6) is 11.5 Å². The fraction of sp³-hybridized carbons (Fsp3) is 0.300. The Kier molecular flexibility index (Phi) is 5.41. The van der Waals surface area contributed by atoms with Gasteiger partial charge in [0, 0.05) is 26.2 Å². The zero-order valence-corrected chi connectivity index (χ0v) is 14.7. The van der Waals surface area contributed by atoms with Gasteiger partial charge in [0.25, 0.3) is 5.91 Å². The number of phenols is 1. The van der Waals surface area contributed by atoms with E-state index in [9.17, 15) is 14.7 Å². The molecule has 0 radical (unpaired) electrons. The Hall–Kier alpha value is -3.02. The number of nitrogens with zero attached hydrogens (tertiary/aromatic N) is 2. The summed E-state index contributed by atoms with van der Waals surface area (Å²) < 4.78 is 5.37. The molecule has 1 N–H and O–H groups in total. The molecule has 26 heavy (non-hydrogen) atoms. The molecule has 2 amide bonds. The van der Waals surface area contributed by atoms with E-state index in [4.69, 9.17) is 4.74 Å². The van der Waals surface area contributed by atoms with Crippen molar-refractivity contribution in [2.24, 2.45) is 0 Å². The van der Waals surface area contributed by atoms with Gasteiger partial charge in [-0.2, -0.15) is 0 Å². The van der Waals surface area contributed by atoms with Gasteiger partial charge in [0.2, 0.25) is 0 Å². The highest BCUT2D eigenvalue weighted by Crippen LogP contribution is 2.21. The monoisotopic (exact) mass is 354 g/mol. The number of ether oxygens (including phenoxy) is 1. The van der Waals surface area contributed by atoms with E-state index in [1.54, 1.807) is 46.2 Å². The summed E-state index contributed by atoms with van der Waals surface area (Å²) in [7, 11) is 0. The number of rotatable bonds is 2. The van der Waals surface area contributed by atoms with E-state index in [2.05, 4.69) is 0 Å². The van der Waals surface area contributed by atoms with Crippen molar-refractivity contribution >= 4 is 12.0 Å². The molecule has 0 aromatic heterocycles. The molecule has 0 aliphatic carbocycles. The molecule has 2 aromatic rings. The second kappa shape index (κ2) is 7.91. The maximum Gasteiger partial charge on any atom is 0.415 e. The maximum atomic E-state index is 12.7. The second-order valence-electron chi connectivity index (χ2n) is 6.33. The zero-order chi connectivity index (χ0) is 18.5. The van der Waals surface area contributed by atoms with Gasteiger partial charge >= 0.3 is 6.09 Å². The summed E-state index contributed by atoms with van der Waals surface area (Å²) in [5, 5.41) is 9.98. The first-order chi connectivity index (χ1) is 12.5. The van der Waals surface area contributed by atoms with Crippen molar-refractivity contribution < 1.29 is 19.4 Å². The van der Waals surface area contributed by atoms with Crippen molar-refractivity contribution in [3.63, 3.8) is 0 Å². The Morgan fingerprint density at radius 1 is 0.962 bits per heavy atom. The zero-order valence-electron chi connectivity index (χ0n) is 14.7. The van der Waals surface area contributed by atoms with Gasteiger partial charge in [-0.1, -0.05) is 29.8 Å². The lowest BCUT2D eigenvalue weighted by molar-refractivity contribution is 0.0757. The van der Waals surface area contributed by atoms with Gasteiger partial charge < -0.3 is 19.6 Å². The molecule has 2 aromatic carbocycles. The van der Waals surface area contributed by atoms with Crippen LogP contribution in [0.2, 0.25) is 0 Å². The second-order valence-corrected chi connectivity index (χ2v) is 6.33. The van der Waals surface area contributed by atoms with Gasteiger partial charge in [-0.05, 0) is 37.6 Å². The van der Waals surface area contributed by atoms with Crippen molar-refractivity contribution in [3.8, 4) is 11.5 Å². The maximum absolute atomic E-state index is 12.7. The predicted octanol–water partition coefficient (Wildman–Crippen LogP) is 3.05. The molecule has 1 aliphatic heterocycles. The average molecular weight is 354 g/mol. The Balaban J connectivity index is 1.63. The number of aromatic hydroxyl groups is 1. The van der Waals surface area contributed by atoms with Crippen molar-refractivity contribution in [1.82, 2.24) is 9.80 Å². The molecule has 6 nitrogen and oxygen atoms in total. The van der Waals surface area contributed by atoms with Crippen molar-refractivity contribution in [3.05, 3.63) is 59.7 Å². The summed E-state index contributed by atoms with van der Waals surface area (Å²) >= 11 is 0. The van der Waals surface area contributed by atoms with E-state index < -0.39 is 6.09 Å². The fourth-order valence-corrected chi connectivity index (χ4v) is 2.95. The summed E-state index contributed by atoms with van der Waals surface area (Å²) in [6, 6.07) is 13.9. The molecule has 0 unspecified atom stereocenters. The summed E-state index contributed by atoms with van der Waals surface area (Å²) in [4.78, 5) is 28.3. The quantitative estimate of drug-likeness (QED) is 0.900. The highest BCUT2D eigenvalue weighted by Gasteiger charge is 2.25.